The van der Waals surface area contributed by atoms with Crippen LogP contribution in [0.2, 0.25) is 0 Å². The number of nitrogen functional groups attached to an aromatic ring is 2. The molecule has 3 rings (SSSR count). The third-order valence-electron chi connectivity index (χ3n) is 4.12. The van der Waals surface area contributed by atoms with Crippen LogP contribution in [0.15, 0.2) is 53.5 Å². The summed E-state index contributed by atoms with van der Waals surface area (Å²) in [6.07, 6.45) is 2.34. The molecule has 0 atom stereocenters. The van der Waals surface area contributed by atoms with Crippen LogP contribution >= 0.6 is 0 Å². The van der Waals surface area contributed by atoms with Gasteiger partial charge in [-0.05, 0) is 18.2 Å². The van der Waals surface area contributed by atoms with E-state index in [1.54, 1.807) is 25.2 Å². The van der Waals surface area contributed by atoms with Crippen molar-refractivity contribution in [3.8, 4) is 0 Å². The fourth-order valence-corrected chi connectivity index (χ4v) is 2.80. The maximum atomic E-state index is 14.2. The number of carboxylic acid groups (broad SMARTS) is 1. The first-order valence-corrected chi connectivity index (χ1v) is 8.99. The first-order valence-electron chi connectivity index (χ1n) is 8.99. The van der Waals surface area contributed by atoms with Gasteiger partial charge in [0.05, 0.1) is 6.54 Å². The van der Waals surface area contributed by atoms with E-state index in [1.165, 1.54) is 28.3 Å². The van der Waals surface area contributed by atoms with Crippen molar-refractivity contribution in [2.24, 2.45) is 5.10 Å². The average Bonchev–Trinajstić information content (AvgIpc) is 2.75. The topological polar surface area (TPSA) is 146 Å². The van der Waals surface area contributed by atoms with E-state index in [0.29, 0.717) is 5.56 Å². The second-order valence-corrected chi connectivity index (χ2v) is 6.61. The number of carbonyl (C=O) groups is 1. The number of nitrogens with zero attached hydrogens (tertiary/aromatic N) is 5. The lowest BCUT2D eigenvalue weighted by Crippen LogP contribution is -2.30. The van der Waals surface area contributed by atoms with Crippen LogP contribution in [-0.2, 0) is 6.54 Å². The third kappa shape index (κ3) is 5.44. The van der Waals surface area contributed by atoms with Crippen molar-refractivity contribution < 1.29 is 18.7 Å². The van der Waals surface area contributed by atoms with Crippen molar-refractivity contribution in [3.05, 3.63) is 65.6 Å². The highest BCUT2D eigenvalue weighted by molar-refractivity contribution is 6.07. The number of hydrogen-bond donors (Lipinski definition) is 4. The fourth-order valence-electron chi connectivity index (χ4n) is 2.80. The summed E-state index contributed by atoms with van der Waals surface area (Å²) in [6, 6.07) is 6.21. The van der Waals surface area contributed by atoms with Crippen molar-refractivity contribution in [1.82, 2.24) is 19.9 Å². The minimum Gasteiger partial charge on any atom is -0.465 e. The first-order chi connectivity index (χ1) is 14.7. The lowest BCUT2D eigenvalue weighted by molar-refractivity contribution is 0.187. The van der Waals surface area contributed by atoms with Gasteiger partial charge in [-0.1, -0.05) is 18.2 Å². The number of nitrogens with two attached hydrogens (primary N) is 2. The van der Waals surface area contributed by atoms with Gasteiger partial charge in [-0.25, -0.2) is 23.5 Å². The third-order valence-corrected chi connectivity index (χ3v) is 4.12. The molecule has 0 fully saturated rings. The summed E-state index contributed by atoms with van der Waals surface area (Å²) >= 11 is 0. The molecule has 0 aliphatic carbocycles. The van der Waals surface area contributed by atoms with Gasteiger partial charge in [0.2, 0.25) is 0 Å². The molecule has 0 bridgehead atoms. The van der Waals surface area contributed by atoms with Crippen LogP contribution < -0.4 is 16.8 Å². The lowest BCUT2D eigenvalue weighted by atomic mass is 10.2. The number of allylic oxidation sites excluding steroid dienone is 3. The van der Waals surface area contributed by atoms with Gasteiger partial charge in [-0.2, -0.15) is 5.10 Å². The molecule has 1 aliphatic heterocycles. The van der Waals surface area contributed by atoms with Gasteiger partial charge < -0.3 is 21.5 Å². The number of nitrogens with one attached hydrogen (secondary N) is 1. The molecule has 2 heterocycles. The van der Waals surface area contributed by atoms with Crippen molar-refractivity contribution in [2.75, 3.05) is 30.5 Å². The highest BCUT2D eigenvalue weighted by Crippen LogP contribution is 2.23. The smallest absolute Gasteiger partial charge is 0.409 e. The Kier molecular flexibility index (Phi) is 6.29. The van der Waals surface area contributed by atoms with Crippen LogP contribution in [0.25, 0.3) is 0 Å². The monoisotopic (exact) mass is 430 g/mol. The highest BCUT2D eigenvalue weighted by atomic mass is 19.1. The quantitative estimate of drug-likeness (QED) is 0.578. The Morgan fingerprint density at radius 2 is 1.87 bits per heavy atom. The molecular weight excluding hydrogens is 410 g/mol. The van der Waals surface area contributed by atoms with Crippen LogP contribution in [-0.4, -0.2) is 50.5 Å². The van der Waals surface area contributed by atoms with Crippen LogP contribution in [0.1, 0.15) is 11.4 Å². The number of hydrazone groups is 1. The van der Waals surface area contributed by atoms with E-state index in [1.807, 2.05) is 5.32 Å². The summed E-state index contributed by atoms with van der Waals surface area (Å²) in [7, 11) is 1.64. The molecule has 1 aromatic heterocycles. The zero-order chi connectivity index (χ0) is 22.5. The molecule has 6 N–H and O–H groups in total. The van der Waals surface area contributed by atoms with E-state index in [4.69, 9.17) is 16.6 Å². The van der Waals surface area contributed by atoms with Gasteiger partial charge in [0, 0.05) is 18.8 Å². The highest BCUT2D eigenvalue weighted by Gasteiger charge is 2.18. The molecule has 0 radical (unpaired) electrons. The van der Waals surface area contributed by atoms with Gasteiger partial charge in [-0.3, -0.25) is 10.3 Å². The van der Waals surface area contributed by atoms with Crippen molar-refractivity contribution >= 4 is 29.1 Å². The lowest BCUT2D eigenvalue weighted by Gasteiger charge is -2.25. The minimum absolute atomic E-state index is 0.0573. The zero-order valence-corrected chi connectivity index (χ0v) is 16.5. The molecule has 162 valence electrons. The molecule has 0 saturated carbocycles. The second-order valence-electron chi connectivity index (χ2n) is 6.61. The number of anilines is 3. The fraction of sp³-hybridized carbons (Fsp3) is 0.158. The maximum absolute atomic E-state index is 14.2. The zero-order valence-electron chi connectivity index (χ0n) is 16.5. The number of hydrogen-bond acceptors (Lipinski definition) is 8. The number of rotatable bonds is 4. The van der Waals surface area contributed by atoms with Crippen LogP contribution in [0.4, 0.5) is 30.9 Å². The van der Waals surface area contributed by atoms with Crippen LogP contribution in [0, 0.1) is 5.82 Å². The van der Waals surface area contributed by atoms with Gasteiger partial charge in [-0.15, -0.1) is 0 Å². The summed E-state index contributed by atoms with van der Waals surface area (Å²) in [5.74, 6) is -1.48. The Hall–Kier alpha value is -4.22. The summed E-state index contributed by atoms with van der Waals surface area (Å²) in [4.78, 5) is 20.5. The van der Waals surface area contributed by atoms with Gasteiger partial charge >= 0.3 is 6.09 Å². The van der Waals surface area contributed by atoms with Crippen molar-refractivity contribution in [2.45, 2.75) is 6.54 Å². The molecule has 1 aromatic carbocycles. The molecular formula is C19H20F2N8O2. The summed E-state index contributed by atoms with van der Waals surface area (Å²) in [5, 5.41) is 16.8. The van der Waals surface area contributed by atoms with E-state index in [9.17, 15) is 13.6 Å². The molecule has 12 heteroatoms. The van der Waals surface area contributed by atoms with E-state index in [-0.39, 0.29) is 42.1 Å². The number of aromatic nitrogens is 2. The summed E-state index contributed by atoms with van der Waals surface area (Å²) in [6.45, 7) is 0.198. The predicted molar refractivity (Wildman–Crippen MR) is 112 cm³/mol. The number of halogens is 2. The van der Waals surface area contributed by atoms with Crippen molar-refractivity contribution in [3.63, 3.8) is 0 Å². The van der Waals surface area contributed by atoms with E-state index >= 15 is 0 Å². The number of amides is 1. The molecule has 31 heavy (non-hydrogen) atoms. The van der Waals surface area contributed by atoms with Gasteiger partial charge in [0.1, 0.15) is 29.7 Å². The first kappa shape index (κ1) is 21.5. The number of benzene rings is 1. The Balaban J connectivity index is 2.04. The normalized spacial score (nSPS) is 18.7. The van der Waals surface area contributed by atoms with E-state index < -0.39 is 17.7 Å². The summed E-state index contributed by atoms with van der Waals surface area (Å²) in [5.41, 5.74) is 11.9. The Morgan fingerprint density at radius 3 is 2.52 bits per heavy atom. The maximum Gasteiger partial charge on any atom is 0.409 e. The van der Waals surface area contributed by atoms with E-state index in [0.717, 1.165) is 6.08 Å². The SMILES string of the molecule is CN1\C=C(F)/C=C/C(c2nc(N)c(NC(=O)O)c(N)n2)=N\N(Cc2ccccc2F)C1. The molecule has 0 saturated heterocycles. The predicted octanol–water partition coefficient (Wildman–Crippen LogP) is 2.35. The van der Waals surface area contributed by atoms with Crippen molar-refractivity contribution in [1.29, 1.82) is 0 Å². The van der Waals surface area contributed by atoms with Crippen LogP contribution in [0.3, 0.4) is 0 Å². The molecule has 2 aromatic rings. The Morgan fingerprint density at radius 1 is 1.19 bits per heavy atom. The van der Waals surface area contributed by atoms with Gasteiger partial charge in [0.15, 0.2) is 17.5 Å². The van der Waals surface area contributed by atoms with Crippen LogP contribution in [0.5, 0.6) is 0 Å². The molecule has 1 amide bonds. The van der Waals surface area contributed by atoms with Gasteiger partial charge in [0.25, 0.3) is 0 Å². The summed E-state index contributed by atoms with van der Waals surface area (Å²) < 4.78 is 28.3. The molecule has 0 unspecified atom stereocenters. The molecule has 1 aliphatic rings. The second kappa shape index (κ2) is 9.07. The Bertz CT molecular complexity index is 1060. The Labute approximate surface area is 176 Å². The molecule has 0 spiro atoms. The largest absolute Gasteiger partial charge is 0.465 e. The minimum atomic E-state index is -1.39. The van der Waals surface area contributed by atoms with E-state index in [2.05, 4.69) is 15.1 Å². The molecule has 10 nitrogen and oxygen atoms in total. The standard InChI is InChI=1S/C19H20F2N8O2/c1-28-9-12(20)6-7-14(18-25-16(22)15(17(23)26-18)24-19(30)31)27-29(10-28)8-11-4-2-3-5-13(11)21/h2-7,9,24H,8,10H2,1H3,(H,30,31)(H4,22,23,25,26)/b7-6+,12-9+,27-14+. The average molecular weight is 430 g/mol.